The summed E-state index contributed by atoms with van der Waals surface area (Å²) in [5, 5.41) is 9.75. The van der Waals surface area contributed by atoms with Crippen LogP contribution in [0.25, 0.3) is 0 Å². The van der Waals surface area contributed by atoms with Crippen LogP contribution < -0.4 is 4.90 Å². The first-order valence-electron chi connectivity index (χ1n) is 6.76. The van der Waals surface area contributed by atoms with Crippen LogP contribution in [-0.2, 0) is 6.18 Å². The van der Waals surface area contributed by atoms with Crippen molar-refractivity contribution in [2.45, 2.75) is 25.7 Å². The molecule has 1 aliphatic rings. The predicted molar refractivity (Wildman–Crippen MR) is 71.5 cm³/mol. The van der Waals surface area contributed by atoms with Crippen molar-refractivity contribution >= 4 is 5.69 Å². The van der Waals surface area contributed by atoms with Crippen LogP contribution in [0.1, 0.15) is 18.9 Å². The molecule has 1 aliphatic heterocycles. The van der Waals surface area contributed by atoms with Crippen LogP contribution in [0.2, 0.25) is 0 Å². The highest BCUT2D eigenvalue weighted by atomic mass is 19.4. The average molecular weight is 288 g/mol. The fraction of sp³-hybridized carbons (Fsp3) is 0.571. The van der Waals surface area contributed by atoms with Crippen LogP contribution in [0.15, 0.2) is 24.3 Å². The topological polar surface area (TPSA) is 26.7 Å². The molecule has 112 valence electrons. The summed E-state index contributed by atoms with van der Waals surface area (Å²) in [4.78, 5) is 3.87. The molecule has 0 amide bonds. The fourth-order valence-corrected chi connectivity index (χ4v) is 2.42. The van der Waals surface area contributed by atoms with E-state index in [4.69, 9.17) is 0 Å². The molecule has 3 nitrogen and oxygen atoms in total. The van der Waals surface area contributed by atoms with Gasteiger partial charge in [0, 0.05) is 31.9 Å². The van der Waals surface area contributed by atoms with Crippen molar-refractivity contribution in [1.29, 1.82) is 0 Å². The third-order valence-corrected chi connectivity index (χ3v) is 3.64. The van der Waals surface area contributed by atoms with Gasteiger partial charge in [-0.05, 0) is 24.6 Å². The summed E-state index contributed by atoms with van der Waals surface area (Å²) in [6, 6.07) is 5.40. The van der Waals surface area contributed by atoms with Crippen molar-refractivity contribution in [1.82, 2.24) is 4.90 Å². The van der Waals surface area contributed by atoms with Gasteiger partial charge in [0.15, 0.2) is 0 Å². The number of piperazine rings is 1. The quantitative estimate of drug-likeness (QED) is 0.926. The van der Waals surface area contributed by atoms with E-state index in [2.05, 4.69) is 0 Å². The van der Waals surface area contributed by atoms with E-state index < -0.39 is 18.0 Å². The zero-order valence-electron chi connectivity index (χ0n) is 11.4. The van der Waals surface area contributed by atoms with E-state index in [1.807, 2.05) is 16.7 Å². The SMILES string of the molecule is CCC(O)N1CCN(c2cccc(C(F)(F)F)c2)CC1. The second-order valence-electron chi connectivity index (χ2n) is 4.96. The summed E-state index contributed by atoms with van der Waals surface area (Å²) in [6.07, 6.45) is -4.11. The van der Waals surface area contributed by atoms with Crippen molar-refractivity contribution in [2.24, 2.45) is 0 Å². The van der Waals surface area contributed by atoms with E-state index in [1.54, 1.807) is 6.07 Å². The molecule has 1 fully saturated rings. The average Bonchev–Trinajstić information content (AvgIpc) is 2.46. The number of benzene rings is 1. The summed E-state index contributed by atoms with van der Waals surface area (Å²) in [5.41, 5.74) is -0.0310. The minimum Gasteiger partial charge on any atom is -0.378 e. The number of hydrogen-bond donors (Lipinski definition) is 1. The minimum absolute atomic E-state index is 0.460. The number of rotatable bonds is 3. The Kier molecular flexibility index (Phi) is 4.55. The lowest BCUT2D eigenvalue weighted by Gasteiger charge is -2.38. The number of nitrogens with zero attached hydrogens (tertiary/aromatic N) is 2. The van der Waals surface area contributed by atoms with Gasteiger partial charge in [-0.15, -0.1) is 0 Å². The van der Waals surface area contributed by atoms with Crippen molar-refractivity contribution in [3.05, 3.63) is 29.8 Å². The monoisotopic (exact) mass is 288 g/mol. The van der Waals surface area contributed by atoms with Crippen LogP contribution in [0, 0.1) is 0 Å². The highest BCUT2D eigenvalue weighted by Gasteiger charge is 2.31. The van der Waals surface area contributed by atoms with Gasteiger partial charge in [-0.25, -0.2) is 0 Å². The van der Waals surface area contributed by atoms with Crippen molar-refractivity contribution in [2.75, 3.05) is 31.1 Å². The smallest absolute Gasteiger partial charge is 0.378 e. The van der Waals surface area contributed by atoms with Gasteiger partial charge >= 0.3 is 6.18 Å². The molecule has 0 spiro atoms. The third-order valence-electron chi connectivity index (χ3n) is 3.64. The highest BCUT2D eigenvalue weighted by molar-refractivity contribution is 5.49. The molecular formula is C14H19F3N2O. The summed E-state index contributed by atoms with van der Waals surface area (Å²) in [5.74, 6) is 0. The van der Waals surface area contributed by atoms with Gasteiger partial charge in [-0.1, -0.05) is 13.0 Å². The van der Waals surface area contributed by atoms with E-state index in [0.29, 0.717) is 38.3 Å². The number of halogens is 3. The lowest BCUT2D eigenvalue weighted by Crippen LogP contribution is -2.50. The maximum absolute atomic E-state index is 12.7. The summed E-state index contributed by atoms with van der Waals surface area (Å²) < 4.78 is 38.1. The molecule has 0 saturated carbocycles. The highest BCUT2D eigenvalue weighted by Crippen LogP contribution is 2.31. The van der Waals surface area contributed by atoms with Gasteiger partial charge in [-0.3, -0.25) is 4.90 Å². The molecule has 1 unspecified atom stereocenters. The van der Waals surface area contributed by atoms with Crippen LogP contribution in [0.5, 0.6) is 0 Å². The Balaban J connectivity index is 2.04. The van der Waals surface area contributed by atoms with Gasteiger partial charge in [0.05, 0.1) is 5.56 Å². The lowest BCUT2D eigenvalue weighted by atomic mass is 10.1. The standard InChI is InChI=1S/C14H19F3N2O/c1-2-13(20)19-8-6-18(7-9-19)12-5-3-4-11(10-12)14(15,16)17/h3-5,10,13,20H,2,6-9H2,1H3. The van der Waals surface area contributed by atoms with Crippen LogP contribution in [-0.4, -0.2) is 42.4 Å². The Morgan fingerprint density at radius 2 is 1.85 bits per heavy atom. The second kappa shape index (κ2) is 6.01. The molecule has 1 N–H and O–H groups in total. The van der Waals surface area contributed by atoms with Crippen LogP contribution in [0.4, 0.5) is 18.9 Å². The van der Waals surface area contributed by atoms with Gasteiger partial charge in [-0.2, -0.15) is 13.2 Å². The first-order chi connectivity index (χ1) is 9.41. The summed E-state index contributed by atoms with van der Waals surface area (Å²) in [7, 11) is 0. The van der Waals surface area contributed by atoms with E-state index in [0.717, 1.165) is 6.07 Å². The lowest BCUT2D eigenvalue weighted by molar-refractivity contribution is -0.137. The number of hydrogen-bond acceptors (Lipinski definition) is 3. The number of aliphatic hydroxyl groups excluding tert-OH is 1. The Hall–Kier alpha value is -1.27. The van der Waals surface area contributed by atoms with E-state index in [9.17, 15) is 18.3 Å². The molecule has 1 atom stereocenters. The summed E-state index contributed by atoms with van der Waals surface area (Å²) in [6.45, 7) is 4.47. The first kappa shape index (κ1) is 15.1. The molecule has 0 bridgehead atoms. The fourth-order valence-electron chi connectivity index (χ4n) is 2.42. The van der Waals surface area contributed by atoms with Crippen LogP contribution in [0.3, 0.4) is 0 Å². The van der Waals surface area contributed by atoms with Crippen LogP contribution >= 0.6 is 0 Å². The summed E-state index contributed by atoms with van der Waals surface area (Å²) >= 11 is 0. The Bertz CT molecular complexity index is 442. The van der Waals surface area contributed by atoms with Gasteiger partial charge in [0.1, 0.15) is 6.23 Å². The molecule has 0 radical (unpaired) electrons. The Morgan fingerprint density at radius 3 is 2.40 bits per heavy atom. The third kappa shape index (κ3) is 3.43. The van der Waals surface area contributed by atoms with Gasteiger partial charge in [0.2, 0.25) is 0 Å². The zero-order valence-corrected chi connectivity index (χ0v) is 11.4. The molecule has 1 aromatic rings. The maximum atomic E-state index is 12.7. The maximum Gasteiger partial charge on any atom is 0.416 e. The predicted octanol–water partition coefficient (Wildman–Crippen LogP) is 2.56. The van der Waals surface area contributed by atoms with E-state index in [1.165, 1.54) is 12.1 Å². The molecule has 20 heavy (non-hydrogen) atoms. The van der Waals surface area contributed by atoms with E-state index in [-0.39, 0.29) is 0 Å². The molecule has 6 heteroatoms. The molecular weight excluding hydrogens is 269 g/mol. The normalized spacial score (nSPS) is 19.1. The second-order valence-corrected chi connectivity index (χ2v) is 4.96. The van der Waals surface area contributed by atoms with Crippen molar-refractivity contribution in [3.8, 4) is 0 Å². The molecule has 0 aliphatic carbocycles. The van der Waals surface area contributed by atoms with Gasteiger partial charge in [0.25, 0.3) is 0 Å². The Labute approximate surface area is 116 Å². The number of anilines is 1. The Morgan fingerprint density at radius 1 is 1.20 bits per heavy atom. The number of aliphatic hydroxyl groups is 1. The largest absolute Gasteiger partial charge is 0.416 e. The molecule has 1 heterocycles. The van der Waals surface area contributed by atoms with Crippen molar-refractivity contribution in [3.63, 3.8) is 0 Å². The number of alkyl halides is 3. The van der Waals surface area contributed by atoms with Crippen molar-refractivity contribution < 1.29 is 18.3 Å². The zero-order chi connectivity index (χ0) is 14.8. The molecule has 2 rings (SSSR count). The first-order valence-corrected chi connectivity index (χ1v) is 6.76. The molecule has 1 saturated heterocycles. The molecule has 1 aromatic carbocycles. The molecule has 0 aromatic heterocycles. The minimum atomic E-state index is -4.31. The van der Waals surface area contributed by atoms with E-state index >= 15 is 0 Å². The van der Waals surface area contributed by atoms with Gasteiger partial charge < -0.3 is 10.0 Å².